The Morgan fingerprint density at radius 2 is 1.94 bits per heavy atom. The molecule has 2 aliphatic carbocycles. The molecule has 190 valence electrons. The Morgan fingerprint density at radius 3 is 2.61 bits per heavy atom. The van der Waals surface area contributed by atoms with Gasteiger partial charge in [0.2, 0.25) is 0 Å². The fraction of sp³-hybridized carbons (Fsp3) is 0.481. The number of anilines is 1. The number of alkyl halides is 2. The summed E-state index contributed by atoms with van der Waals surface area (Å²) >= 11 is 0. The van der Waals surface area contributed by atoms with Crippen molar-refractivity contribution in [3.8, 4) is 6.07 Å². The van der Waals surface area contributed by atoms with Crippen LogP contribution in [0.3, 0.4) is 0 Å². The third-order valence-electron chi connectivity index (χ3n) is 8.00. The highest BCUT2D eigenvalue weighted by Gasteiger charge is 2.58. The van der Waals surface area contributed by atoms with Crippen molar-refractivity contribution in [2.75, 3.05) is 31.5 Å². The summed E-state index contributed by atoms with van der Waals surface area (Å²) in [7, 11) is 0. The Labute approximate surface area is 207 Å². The Balaban J connectivity index is 1.30. The zero-order valence-corrected chi connectivity index (χ0v) is 19.8. The molecule has 2 aromatic rings. The quantitative estimate of drug-likeness (QED) is 0.532. The molecule has 2 saturated carbocycles. The number of hydrogen-bond acceptors (Lipinski definition) is 3. The summed E-state index contributed by atoms with van der Waals surface area (Å²) in [4.78, 5) is 16.6. The van der Waals surface area contributed by atoms with Crippen molar-refractivity contribution in [2.24, 2.45) is 5.92 Å². The van der Waals surface area contributed by atoms with E-state index in [9.17, 15) is 27.6 Å². The fourth-order valence-corrected chi connectivity index (χ4v) is 6.06. The molecule has 2 amide bonds. The fourth-order valence-electron chi connectivity index (χ4n) is 6.06. The molecule has 1 saturated heterocycles. The van der Waals surface area contributed by atoms with Gasteiger partial charge in [-0.2, -0.15) is 5.26 Å². The van der Waals surface area contributed by atoms with Gasteiger partial charge in [0.25, 0.3) is 5.92 Å². The van der Waals surface area contributed by atoms with Crippen molar-refractivity contribution in [3.05, 3.63) is 65.2 Å². The van der Waals surface area contributed by atoms with E-state index in [2.05, 4.69) is 17.5 Å². The predicted octanol–water partition coefficient (Wildman–Crippen LogP) is 5.52. The molecule has 0 radical (unpaired) electrons. The number of carbonyl (C=O) groups is 1. The number of carbonyl (C=O) groups excluding carboxylic acids is 1. The predicted molar refractivity (Wildman–Crippen MR) is 127 cm³/mol. The zero-order chi connectivity index (χ0) is 25.5. The van der Waals surface area contributed by atoms with Crippen LogP contribution in [-0.2, 0) is 5.41 Å². The Morgan fingerprint density at radius 1 is 1.17 bits per heavy atom. The van der Waals surface area contributed by atoms with Crippen molar-refractivity contribution in [2.45, 2.75) is 49.5 Å². The molecule has 0 bridgehead atoms. The third kappa shape index (κ3) is 5.05. The molecule has 3 atom stereocenters. The van der Waals surface area contributed by atoms with Crippen LogP contribution in [0.15, 0.2) is 42.5 Å². The number of nitrogens with zero attached hydrogens (tertiary/aromatic N) is 3. The maximum Gasteiger partial charge on any atom is 0.322 e. The van der Waals surface area contributed by atoms with Crippen LogP contribution in [0, 0.1) is 28.9 Å². The van der Waals surface area contributed by atoms with Crippen molar-refractivity contribution in [1.82, 2.24) is 9.80 Å². The van der Waals surface area contributed by atoms with E-state index in [-0.39, 0.29) is 43.2 Å². The number of benzene rings is 2. The maximum atomic E-state index is 13.7. The van der Waals surface area contributed by atoms with Gasteiger partial charge in [0.15, 0.2) is 0 Å². The van der Waals surface area contributed by atoms with E-state index >= 15 is 0 Å². The number of fused-ring (bicyclic) bond motifs is 1. The van der Waals surface area contributed by atoms with E-state index in [1.54, 1.807) is 15.9 Å². The Kier molecular flexibility index (Phi) is 6.41. The lowest BCUT2D eigenvalue weighted by Crippen LogP contribution is -2.48. The van der Waals surface area contributed by atoms with Gasteiger partial charge in [-0.25, -0.2) is 22.4 Å². The maximum absolute atomic E-state index is 13.7. The molecule has 36 heavy (non-hydrogen) atoms. The van der Waals surface area contributed by atoms with Crippen LogP contribution in [0.2, 0.25) is 0 Å². The Bertz CT molecular complexity index is 1180. The highest BCUT2D eigenvalue weighted by Crippen LogP contribution is 2.62. The highest BCUT2D eigenvalue weighted by atomic mass is 19.3. The van der Waals surface area contributed by atoms with Crippen LogP contribution in [-0.4, -0.2) is 54.0 Å². The standard InChI is InChI=1S/C27H28F4N4O/c28-21-12-22(29)14-23(13-21)33-25(36)35(9-8-34-7-6-27(30,31)17-34)24-4-5-26(15-20(26)11-24)19-3-1-2-18(10-19)16-32/h1-3,10,12-14,20,24H,4-9,11,15,17H2,(H,33,36)/t20?,24-,26-/m1/s1. The molecule has 1 N–H and O–H groups in total. The molecule has 1 heterocycles. The van der Waals surface area contributed by atoms with E-state index < -0.39 is 23.6 Å². The van der Waals surface area contributed by atoms with Gasteiger partial charge in [0, 0.05) is 43.9 Å². The molecule has 9 heteroatoms. The second-order valence-corrected chi connectivity index (χ2v) is 10.3. The molecule has 1 aliphatic heterocycles. The molecular weight excluding hydrogens is 472 g/mol. The minimum atomic E-state index is -2.72. The largest absolute Gasteiger partial charge is 0.322 e. The summed E-state index contributed by atoms with van der Waals surface area (Å²) in [6.07, 6.45) is 3.09. The van der Waals surface area contributed by atoms with Crippen molar-refractivity contribution < 1.29 is 22.4 Å². The molecule has 5 rings (SSSR count). The summed E-state index contributed by atoms with van der Waals surface area (Å²) in [5.41, 5.74) is 1.80. The van der Waals surface area contributed by atoms with Crippen LogP contribution in [0.5, 0.6) is 0 Å². The van der Waals surface area contributed by atoms with E-state index in [0.717, 1.165) is 43.0 Å². The average molecular weight is 501 g/mol. The number of urea groups is 1. The molecule has 1 unspecified atom stereocenters. The van der Waals surface area contributed by atoms with Gasteiger partial charge >= 0.3 is 6.03 Å². The molecule has 5 nitrogen and oxygen atoms in total. The van der Waals surface area contributed by atoms with Crippen LogP contribution in [0.1, 0.15) is 43.2 Å². The topological polar surface area (TPSA) is 59.4 Å². The number of hydrogen-bond donors (Lipinski definition) is 1. The van der Waals surface area contributed by atoms with E-state index in [1.807, 2.05) is 12.1 Å². The van der Waals surface area contributed by atoms with Crippen molar-refractivity contribution in [1.29, 1.82) is 5.26 Å². The first-order chi connectivity index (χ1) is 17.2. The molecule has 0 aromatic heterocycles. The monoisotopic (exact) mass is 500 g/mol. The second kappa shape index (κ2) is 9.40. The zero-order valence-electron chi connectivity index (χ0n) is 19.8. The third-order valence-corrected chi connectivity index (χ3v) is 8.00. The molecule has 3 fully saturated rings. The minimum absolute atomic E-state index is 0.00814. The van der Waals surface area contributed by atoms with Gasteiger partial charge in [-0.3, -0.25) is 4.90 Å². The van der Waals surface area contributed by atoms with E-state index in [1.165, 1.54) is 0 Å². The smallest absolute Gasteiger partial charge is 0.320 e. The average Bonchev–Trinajstić information content (AvgIpc) is 3.47. The number of amides is 2. The lowest BCUT2D eigenvalue weighted by molar-refractivity contribution is 0.0114. The van der Waals surface area contributed by atoms with Crippen LogP contribution >= 0.6 is 0 Å². The van der Waals surface area contributed by atoms with Gasteiger partial charge in [-0.15, -0.1) is 0 Å². The molecule has 2 aromatic carbocycles. The molecule has 3 aliphatic rings. The number of rotatable bonds is 6. The van der Waals surface area contributed by atoms with Gasteiger partial charge in [-0.05, 0) is 66.8 Å². The normalized spacial score (nSPS) is 26.6. The van der Waals surface area contributed by atoms with Gasteiger partial charge in [0.1, 0.15) is 11.6 Å². The summed E-state index contributed by atoms with van der Waals surface area (Å²) in [6, 6.07) is 12.1. The second-order valence-electron chi connectivity index (χ2n) is 10.3. The SMILES string of the molecule is N#Cc1cccc([C@]23CC[C@@H](N(CCN4CCC(F)(F)C4)C(=O)Nc4cc(F)cc(F)c4)CC2C3)c1. The molecule has 0 spiro atoms. The summed E-state index contributed by atoms with van der Waals surface area (Å²) in [5, 5.41) is 11.9. The van der Waals surface area contributed by atoms with Crippen LogP contribution in [0.4, 0.5) is 28.0 Å². The Hall–Kier alpha value is -3.12. The van der Waals surface area contributed by atoms with E-state index in [0.29, 0.717) is 24.4 Å². The van der Waals surface area contributed by atoms with Crippen molar-refractivity contribution >= 4 is 11.7 Å². The first-order valence-corrected chi connectivity index (χ1v) is 12.3. The first-order valence-electron chi connectivity index (χ1n) is 12.3. The number of likely N-dealkylation sites (tertiary alicyclic amines) is 1. The van der Waals surface area contributed by atoms with Gasteiger partial charge < -0.3 is 10.2 Å². The molecular formula is C27H28F4N4O. The number of halogens is 4. The lowest BCUT2D eigenvalue weighted by atomic mass is 9.80. The highest BCUT2D eigenvalue weighted by molar-refractivity contribution is 5.89. The number of nitrogens with one attached hydrogen (secondary N) is 1. The summed E-state index contributed by atoms with van der Waals surface area (Å²) in [6.45, 7) is 0.484. The summed E-state index contributed by atoms with van der Waals surface area (Å²) < 4.78 is 54.7. The minimum Gasteiger partial charge on any atom is -0.320 e. The van der Waals surface area contributed by atoms with Crippen LogP contribution < -0.4 is 5.32 Å². The number of nitriles is 1. The first kappa shape index (κ1) is 24.6. The van der Waals surface area contributed by atoms with Gasteiger partial charge in [-0.1, -0.05) is 12.1 Å². The van der Waals surface area contributed by atoms with Gasteiger partial charge in [0.05, 0.1) is 18.2 Å². The summed E-state index contributed by atoms with van der Waals surface area (Å²) in [5.74, 6) is -3.96. The lowest BCUT2D eigenvalue weighted by Gasteiger charge is -2.37. The van der Waals surface area contributed by atoms with Crippen LogP contribution in [0.25, 0.3) is 0 Å². The van der Waals surface area contributed by atoms with Crippen molar-refractivity contribution in [3.63, 3.8) is 0 Å². The van der Waals surface area contributed by atoms with E-state index in [4.69, 9.17) is 0 Å².